The van der Waals surface area contributed by atoms with Gasteiger partial charge in [-0.1, -0.05) is 6.92 Å². The molecule has 3 rings (SSSR count). The van der Waals surface area contributed by atoms with E-state index in [4.69, 9.17) is 4.42 Å². The van der Waals surface area contributed by atoms with Gasteiger partial charge in [0.2, 0.25) is 15.8 Å². The smallest absolute Gasteiger partial charge is 0.373 e. The molecule has 2 atom stereocenters. The Hall–Kier alpha value is -1.38. The number of carbonyl (C=O) groups is 1. The number of hydrogen-bond donors (Lipinski definition) is 1. The molecule has 2 fully saturated rings. The number of ether oxygens (including phenoxy) is 1. The molecule has 2 bridgehead atoms. The number of fused-ring (bicyclic) bond motifs is 2. The molecule has 0 aromatic carbocycles. The van der Waals surface area contributed by atoms with Gasteiger partial charge in [-0.15, -0.1) is 0 Å². The van der Waals surface area contributed by atoms with E-state index in [1.807, 2.05) is 0 Å². The molecule has 1 aromatic heterocycles. The third-order valence-corrected chi connectivity index (χ3v) is 6.67. The Morgan fingerprint density at radius 3 is 2.83 bits per heavy atom. The SMILES string of the molecule is CCc1oc(C(=O)OC)cc1S(=O)(=O)N1C2CCNCC1CC2. The highest BCUT2D eigenvalue weighted by Crippen LogP contribution is 2.35. The van der Waals surface area contributed by atoms with Crippen LogP contribution in [0, 0.1) is 0 Å². The Kier molecular flexibility index (Phi) is 4.48. The van der Waals surface area contributed by atoms with E-state index in [1.165, 1.54) is 13.2 Å². The zero-order valence-corrected chi connectivity index (χ0v) is 14.2. The van der Waals surface area contributed by atoms with Gasteiger partial charge < -0.3 is 14.5 Å². The fourth-order valence-corrected chi connectivity index (χ4v) is 5.65. The van der Waals surface area contributed by atoms with Crippen LogP contribution in [0.1, 0.15) is 42.5 Å². The van der Waals surface area contributed by atoms with Crippen LogP contribution in [0.25, 0.3) is 0 Å². The van der Waals surface area contributed by atoms with Crippen molar-refractivity contribution in [2.45, 2.75) is 49.6 Å². The van der Waals surface area contributed by atoms with Gasteiger partial charge in [-0.05, 0) is 25.8 Å². The fraction of sp³-hybridized carbons (Fsp3) is 0.667. The Balaban J connectivity index is 2.02. The van der Waals surface area contributed by atoms with Gasteiger partial charge in [0.05, 0.1) is 7.11 Å². The van der Waals surface area contributed by atoms with Crippen LogP contribution in [0.15, 0.2) is 15.4 Å². The standard InChI is InChI=1S/C15H22N2O5S/c1-3-12-14(8-13(22-12)15(18)21-2)23(19,20)17-10-4-5-11(17)9-16-7-6-10/h8,10-11,16H,3-7,9H2,1-2H3. The number of methoxy groups -OCH3 is 1. The van der Waals surface area contributed by atoms with E-state index < -0.39 is 16.0 Å². The van der Waals surface area contributed by atoms with Crippen LogP contribution in [0.2, 0.25) is 0 Å². The lowest BCUT2D eigenvalue weighted by Crippen LogP contribution is -2.42. The van der Waals surface area contributed by atoms with Gasteiger partial charge in [0, 0.05) is 31.1 Å². The monoisotopic (exact) mass is 342 g/mol. The number of esters is 1. The van der Waals surface area contributed by atoms with E-state index in [1.54, 1.807) is 11.2 Å². The Morgan fingerprint density at radius 2 is 2.13 bits per heavy atom. The Bertz CT molecular complexity index is 683. The zero-order valence-electron chi connectivity index (χ0n) is 13.4. The lowest BCUT2D eigenvalue weighted by Gasteiger charge is -2.26. The van der Waals surface area contributed by atoms with Gasteiger partial charge in [-0.2, -0.15) is 4.31 Å². The maximum atomic E-state index is 13.2. The van der Waals surface area contributed by atoms with Crippen LogP contribution in [-0.4, -0.2) is 51.0 Å². The second-order valence-corrected chi connectivity index (χ2v) is 7.77. The highest BCUT2D eigenvalue weighted by atomic mass is 32.2. The Labute approximate surface area is 136 Å². The highest BCUT2D eigenvalue weighted by molar-refractivity contribution is 7.89. The molecule has 0 spiro atoms. The lowest BCUT2D eigenvalue weighted by molar-refractivity contribution is 0.0563. The minimum Gasteiger partial charge on any atom is -0.463 e. The maximum absolute atomic E-state index is 13.2. The van der Waals surface area contributed by atoms with Crippen molar-refractivity contribution in [2.75, 3.05) is 20.2 Å². The molecule has 0 saturated carbocycles. The summed E-state index contributed by atoms with van der Waals surface area (Å²) >= 11 is 0. The summed E-state index contributed by atoms with van der Waals surface area (Å²) in [6.07, 6.45) is 2.95. The number of sulfonamides is 1. The van der Waals surface area contributed by atoms with Crippen molar-refractivity contribution in [1.82, 2.24) is 9.62 Å². The summed E-state index contributed by atoms with van der Waals surface area (Å²) in [6, 6.07) is 1.28. The van der Waals surface area contributed by atoms with Crippen molar-refractivity contribution >= 4 is 16.0 Å². The minimum absolute atomic E-state index is 0.0150. The highest BCUT2D eigenvalue weighted by Gasteiger charge is 2.44. The average molecular weight is 342 g/mol. The number of carbonyl (C=O) groups excluding carboxylic acids is 1. The number of furan rings is 1. The zero-order chi connectivity index (χ0) is 16.6. The van der Waals surface area contributed by atoms with Gasteiger partial charge in [0.25, 0.3) is 0 Å². The summed E-state index contributed by atoms with van der Waals surface area (Å²) in [5, 5.41) is 3.29. The largest absolute Gasteiger partial charge is 0.463 e. The molecule has 8 heteroatoms. The summed E-state index contributed by atoms with van der Waals surface area (Å²) in [7, 11) is -2.45. The molecule has 2 unspecified atom stereocenters. The van der Waals surface area contributed by atoms with Crippen LogP contribution in [0.3, 0.4) is 0 Å². The van der Waals surface area contributed by atoms with Crippen LogP contribution < -0.4 is 5.32 Å². The number of aryl methyl sites for hydroxylation is 1. The predicted octanol–water partition coefficient (Wildman–Crippen LogP) is 1.14. The Morgan fingerprint density at radius 1 is 1.39 bits per heavy atom. The molecule has 23 heavy (non-hydrogen) atoms. The van der Waals surface area contributed by atoms with E-state index in [-0.39, 0.29) is 22.7 Å². The van der Waals surface area contributed by atoms with Crippen LogP contribution in [0.5, 0.6) is 0 Å². The van der Waals surface area contributed by atoms with Gasteiger partial charge in [-0.3, -0.25) is 0 Å². The summed E-state index contributed by atoms with van der Waals surface area (Å²) in [4.78, 5) is 11.8. The second kappa shape index (κ2) is 6.26. The lowest BCUT2D eigenvalue weighted by atomic mass is 10.1. The number of nitrogens with one attached hydrogen (secondary N) is 1. The summed E-state index contributed by atoms with van der Waals surface area (Å²) in [5.74, 6) is -0.424. The molecule has 2 aliphatic rings. The molecule has 2 aliphatic heterocycles. The van der Waals surface area contributed by atoms with E-state index in [0.717, 1.165) is 25.8 Å². The molecule has 0 aliphatic carbocycles. The first-order valence-corrected chi connectivity index (χ1v) is 9.38. The maximum Gasteiger partial charge on any atom is 0.373 e. The minimum atomic E-state index is -3.69. The predicted molar refractivity (Wildman–Crippen MR) is 82.7 cm³/mol. The molecule has 2 saturated heterocycles. The van der Waals surface area contributed by atoms with Gasteiger partial charge in [0.15, 0.2) is 0 Å². The first-order valence-electron chi connectivity index (χ1n) is 7.94. The second-order valence-electron chi connectivity index (χ2n) is 5.96. The van der Waals surface area contributed by atoms with E-state index in [9.17, 15) is 13.2 Å². The van der Waals surface area contributed by atoms with Crippen molar-refractivity contribution in [1.29, 1.82) is 0 Å². The van der Waals surface area contributed by atoms with Gasteiger partial charge in [-0.25, -0.2) is 13.2 Å². The van der Waals surface area contributed by atoms with Crippen molar-refractivity contribution in [2.24, 2.45) is 0 Å². The molecule has 0 amide bonds. The van der Waals surface area contributed by atoms with Gasteiger partial charge in [0.1, 0.15) is 10.7 Å². The molecule has 3 heterocycles. The summed E-state index contributed by atoms with van der Waals surface area (Å²) in [6.45, 7) is 3.29. The topological polar surface area (TPSA) is 88.8 Å². The molecule has 7 nitrogen and oxygen atoms in total. The normalized spacial score (nSPS) is 25.3. The number of nitrogens with zero attached hydrogens (tertiary/aromatic N) is 1. The van der Waals surface area contributed by atoms with E-state index in [0.29, 0.717) is 18.7 Å². The first-order chi connectivity index (χ1) is 11.0. The van der Waals surface area contributed by atoms with E-state index in [2.05, 4.69) is 10.1 Å². The van der Waals surface area contributed by atoms with Crippen molar-refractivity contribution in [3.8, 4) is 0 Å². The van der Waals surface area contributed by atoms with Gasteiger partial charge >= 0.3 is 5.97 Å². The molecular weight excluding hydrogens is 320 g/mol. The summed E-state index contributed by atoms with van der Waals surface area (Å²) in [5.41, 5.74) is 0. The molecule has 128 valence electrons. The molecule has 1 aromatic rings. The third kappa shape index (κ3) is 2.79. The average Bonchev–Trinajstić information content (AvgIpc) is 3.07. The first kappa shape index (κ1) is 16.5. The van der Waals surface area contributed by atoms with Crippen LogP contribution in [-0.2, 0) is 21.2 Å². The quantitative estimate of drug-likeness (QED) is 0.826. The van der Waals surface area contributed by atoms with Crippen LogP contribution in [0.4, 0.5) is 0 Å². The number of hydrogen-bond acceptors (Lipinski definition) is 6. The number of rotatable bonds is 4. The molecular formula is C15H22N2O5S. The molecule has 0 radical (unpaired) electrons. The fourth-order valence-electron chi connectivity index (χ4n) is 3.52. The van der Waals surface area contributed by atoms with Crippen molar-refractivity contribution < 1.29 is 22.4 Å². The van der Waals surface area contributed by atoms with Crippen LogP contribution >= 0.6 is 0 Å². The third-order valence-electron chi connectivity index (χ3n) is 4.62. The van der Waals surface area contributed by atoms with E-state index >= 15 is 0 Å². The summed E-state index contributed by atoms with van der Waals surface area (Å²) < 4.78 is 38.1. The van der Waals surface area contributed by atoms with Crippen molar-refractivity contribution in [3.05, 3.63) is 17.6 Å². The molecule has 1 N–H and O–H groups in total. The van der Waals surface area contributed by atoms with Crippen molar-refractivity contribution in [3.63, 3.8) is 0 Å².